The summed E-state index contributed by atoms with van der Waals surface area (Å²) in [5.41, 5.74) is 2.34. The summed E-state index contributed by atoms with van der Waals surface area (Å²) < 4.78 is 6.23. The van der Waals surface area contributed by atoms with E-state index in [0.717, 1.165) is 22.1 Å². The fraction of sp³-hybridized carbons (Fsp3) is 0.0714. The van der Waals surface area contributed by atoms with E-state index in [0.29, 0.717) is 11.3 Å². The van der Waals surface area contributed by atoms with Gasteiger partial charge in [0.2, 0.25) is 0 Å². The predicted molar refractivity (Wildman–Crippen MR) is 75.8 cm³/mol. The highest BCUT2D eigenvalue weighted by atomic mass is 79.9. The lowest BCUT2D eigenvalue weighted by atomic mass is 10.2. The zero-order valence-electron chi connectivity index (χ0n) is 9.81. The average molecular weight is 306 g/mol. The molecule has 2 rings (SSSR count). The number of halogens is 1. The topological polar surface area (TPSA) is 38.3 Å². The summed E-state index contributed by atoms with van der Waals surface area (Å²) in [7, 11) is 1.58. The van der Waals surface area contributed by atoms with Gasteiger partial charge in [-0.2, -0.15) is 0 Å². The highest BCUT2D eigenvalue weighted by Gasteiger charge is 2.06. The van der Waals surface area contributed by atoms with Crippen molar-refractivity contribution in [3.05, 3.63) is 52.5 Å². The largest absolute Gasteiger partial charge is 0.495 e. The van der Waals surface area contributed by atoms with Crippen molar-refractivity contribution in [2.45, 2.75) is 0 Å². The third-order valence-electron chi connectivity index (χ3n) is 2.50. The number of hydrogen-bond donors (Lipinski definition) is 1. The lowest BCUT2D eigenvalue weighted by molar-refractivity contribution is 0.112. The maximum atomic E-state index is 10.7. The van der Waals surface area contributed by atoms with Gasteiger partial charge in [0.05, 0.1) is 18.5 Å². The number of anilines is 2. The maximum absolute atomic E-state index is 10.7. The molecule has 0 aliphatic rings. The smallest absolute Gasteiger partial charge is 0.150 e. The van der Waals surface area contributed by atoms with Gasteiger partial charge in [0.1, 0.15) is 12.0 Å². The first-order valence-corrected chi connectivity index (χ1v) is 6.18. The number of carbonyl (C=O) groups is 1. The molecule has 0 atom stereocenters. The molecule has 0 radical (unpaired) electrons. The Morgan fingerprint density at radius 3 is 2.61 bits per heavy atom. The molecular formula is C14H12BrNO2. The molecule has 2 aromatic rings. The Bertz CT molecular complexity index is 569. The van der Waals surface area contributed by atoms with Crippen LogP contribution in [0, 0.1) is 0 Å². The first-order valence-electron chi connectivity index (χ1n) is 5.39. The van der Waals surface area contributed by atoms with Crippen LogP contribution in [0.5, 0.6) is 5.75 Å². The van der Waals surface area contributed by atoms with Gasteiger partial charge in [-0.25, -0.2) is 0 Å². The van der Waals surface area contributed by atoms with Crippen molar-refractivity contribution in [3.63, 3.8) is 0 Å². The summed E-state index contributed by atoms with van der Waals surface area (Å²) in [6.07, 6.45) is 0.796. The third-order valence-corrected chi connectivity index (χ3v) is 3.20. The number of carbonyl (C=O) groups excluding carboxylic acids is 1. The molecule has 0 saturated heterocycles. The van der Waals surface area contributed by atoms with Gasteiger partial charge in [0.25, 0.3) is 0 Å². The highest BCUT2D eigenvalue weighted by Crippen LogP contribution is 2.31. The van der Waals surface area contributed by atoms with E-state index < -0.39 is 0 Å². The number of ether oxygens (including phenoxy) is 1. The fourth-order valence-corrected chi connectivity index (χ4v) is 1.98. The summed E-state index contributed by atoms with van der Waals surface area (Å²) >= 11 is 3.47. The number of benzene rings is 2. The van der Waals surface area contributed by atoms with E-state index in [1.165, 1.54) is 0 Å². The zero-order valence-corrected chi connectivity index (χ0v) is 11.4. The monoisotopic (exact) mass is 305 g/mol. The lowest BCUT2D eigenvalue weighted by Gasteiger charge is -2.12. The van der Waals surface area contributed by atoms with Gasteiger partial charge < -0.3 is 10.1 Å². The molecule has 3 nitrogen and oxygen atoms in total. The number of hydrogen-bond acceptors (Lipinski definition) is 3. The van der Waals surface area contributed by atoms with Crippen molar-refractivity contribution in [2.24, 2.45) is 0 Å². The predicted octanol–water partition coefficient (Wildman–Crippen LogP) is 4.01. The standard InChI is InChI=1S/C14H12BrNO2/c1-18-14-8-10(9-17)6-7-13(14)16-12-5-3-2-4-11(12)15/h2-9,16H,1H3. The van der Waals surface area contributed by atoms with Crippen LogP contribution in [0.15, 0.2) is 46.9 Å². The van der Waals surface area contributed by atoms with Gasteiger partial charge in [-0.05, 0) is 46.3 Å². The minimum absolute atomic E-state index is 0.588. The van der Waals surface area contributed by atoms with Crippen molar-refractivity contribution in [3.8, 4) is 5.75 Å². The van der Waals surface area contributed by atoms with Crippen LogP contribution in [0.25, 0.3) is 0 Å². The summed E-state index contributed by atoms with van der Waals surface area (Å²) in [5, 5.41) is 3.26. The van der Waals surface area contributed by atoms with Crippen LogP contribution in [0.3, 0.4) is 0 Å². The van der Waals surface area contributed by atoms with Gasteiger partial charge in [0.15, 0.2) is 0 Å². The van der Waals surface area contributed by atoms with Crippen LogP contribution in [0.1, 0.15) is 10.4 Å². The highest BCUT2D eigenvalue weighted by molar-refractivity contribution is 9.10. The lowest BCUT2D eigenvalue weighted by Crippen LogP contribution is -1.96. The van der Waals surface area contributed by atoms with E-state index in [1.807, 2.05) is 30.3 Å². The normalized spacial score (nSPS) is 9.89. The van der Waals surface area contributed by atoms with Crippen molar-refractivity contribution in [2.75, 3.05) is 12.4 Å². The fourth-order valence-electron chi connectivity index (χ4n) is 1.59. The summed E-state index contributed by atoms with van der Waals surface area (Å²) in [4.78, 5) is 10.7. The van der Waals surface area contributed by atoms with Gasteiger partial charge in [-0.1, -0.05) is 12.1 Å². The van der Waals surface area contributed by atoms with Crippen LogP contribution >= 0.6 is 15.9 Å². The van der Waals surface area contributed by atoms with Gasteiger partial charge in [-0.15, -0.1) is 0 Å². The molecule has 0 unspecified atom stereocenters. The number of rotatable bonds is 4. The molecule has 0 aliphatic heterocycles. The zero-order chi connectivity index (χ0) is 13.0. The maximum Gasteiger partial charge on any atom is 0.150 e. The number of nitrogens with one attached hydrogen (secondary N) is 1. The van der Waals surface area contributed by atoms with Crippen LogP contribution in [-0.2, 0) is 0 Å². The van der Waals surface area contributed by atoms with Crippen molar-refractivity contribution in [1.29, 1.82) is 0 Å². The summed E-state index contributed by atoms with van der Waals surface area (Å²) in [5.74, 6) is 0.635. The van der Waals surface area contributed by atoms with Crippen molar-refractivity contribution >= 4 is 33.6 Å². The SMILES string of the molecule is COc1cc(C=O)ccc1Nc1ccccc1Br. The molecule has 0 aliphatic carbocycles. The molecule has 92 valence electrons. The quantitative estimate of drug-likeness (QED) is 0.867. The van der Waals surface area contributed by atoms with E-state index in [-0.39, 0.29) is 0 Å². The first kappa shape index (κ1) is 12.6. The number of para-hydroxylation sites is 1. The minimum Gasteiger partial charge on any atom is -0.495 e. The van der Waals surface area contributed by atoms with Crippen molar-refractivity contribution < 1.29 is 9.53 Å². The Morgan fingerprint density at radius 2 is 1.94 bits per heavy atom. The van der Waals surface area contributed by atoms with Crippen LogP contribution in [0.2, 0.25) is 0 Å². The van der Waals surface area contributed by atoms with E-state index >= 15 is 0 Å². The Hall–Kier alpha value is -1.81. The van der Waals surface area contributed by atoms with E-state index in [9.17, 15) is 4.79 Å². The Balaban J connectivity index is 2.34. The molecule has 4 heteroatoms. The third kappa shape index (κ3) is 2.71. The van der Waals surface area contributed by atoms with Crippen LogP contribution in [0.4, 0.5) is 11.4 Å². The molecule has 0 aromatic heterocycles. The van der Waals surface area contributed by atoms with E-state index in [1.54, 1.807) is 19.2 Å². The molecule has 2 aromatic carbocycles. The summed E-state index contributed by atoms with van der Waals surface area (Å²) in [6.45, 7) is 0. The second kappa shape index (κ2) is 5.69. The van der Waals surface area contributed by atoms with Crippen molar-refractivity contribution in [1.82, 2.24) is 0 Å². The first-order chi connectivity index (χ1) is 8.74. The molecule has 0 saturated carbocycles. The second-order valence-electron chi connectivity index (χ2n) is 3.68. The molecule has 0 spiro atoms. The average Bonchev–Trinajstić information content (AvgIpc) is 2.41. The number of methoxy groups -OCH3 is 1. The van der Waals surface area contributed by atoms with E-state index in [4.69, 9.17) is 4.74 Å². The molecule has 0 amide bonds. The minimum atomic E-state index is 0.588. The molecule has 0 bridgehead atoms. The molecule has 1 N–H and O–H groups in total. The van der Waals surface area contributed by atoms with Crippen LogP contribution < -0.4 is 10.1 Å². The second-order valence-corrected chi connectivity index (χ2v) is 4.54. The van der Waals surface area contributed by atoms with E-state index in [2.05, 4.69) is 21.2 Å². The molecule has 0 fully saturated rings. The number of aldehydes is 1. The van der Waals surface area contributed by atoms with Crippen LogP contribution in [-0.4, -0.2) is 13.4 Å². The molecule has 0 heterocycles. The van der Waals surface area contributed by atoms with Gasteiger partial charge >= 0.3 is 0 Å². The Morgan fingerprint density at radius 1 is 1.17 bits per heavy atom. The van der Waals surface area contributed by atoms with Gasteiger partial charge in [-0.3, -0.25) is 4.79 Å². The Labute approximate surface area is 114 Å². The summed E-state index contributed by atoms with van der Waals surface area (Å²) in [6, 6.07) is 13.1. The molecule has 18 heavy (non-hydrogen) atoms. The molecular weight excluding hydrogens is 294 g/mol. The Kier molecular flexibility index (Phi) is 3.99. The van der Waals surface area contributed by atoms with Gasteiger partial charge in [0, 0.05) is 10.0 Å².